The number of para-hydroxylation sites is 1. The van der Waals surface area contributed by atoms with E-state index in [1.807, 2.05) is 54.4 Å². The molecule has 0 unspecified atom stereocenters. The number of nitrogens with zero attached hydrogens (tertiary/aromatic N) is 3. The highest BCUT2D eigenvalue weighted by molar-refractivity contribution is 5.66. The monoisotopic (exact) mass is 332 g/mol. The van der Waals surface area contributed by atoms with E-state index in [0.29, 0.717) is 5.95 Å². The first-order valence-corrected chi connectivity index (χ1v) is 8.75. The predicted molar refractivity (Wildman–Crippen MR) is 105 cm³/mol. The topological polar surface area (TPSA) is 41.1 Å². The molecule has 0 spiro atoms. The second kappa shape index (κ2) is 8.29. The molecule has 0 saturated carbocycles. The highest BCUT2D eigenvalue weighted by Gasteiger charge is 2.11. The van der Waals surface area contributed by atoms with Crippen LogP contribution in [0.5, 0.6) is 0 Å². The van der Waals surface area contributed by atoms with Gasteiger partial charge in [0, 0.05) is 30.9 Å². The molecule has 1 aromatic heterocycles. The van der Waals surface area contributed by atoms with Gasteiger partial charge in [-0.15, -0.1) is 0 Å². The molecular formula is C21H24N4. The fraction of sp³-hybridized carbons (Fsp3) is 0.238. The fourth-order valence-corrected chi connectivity index (χ4v) is 2.59. The van der Waals surface area contributed by atoms with Crippen LogP contribution in [0.3, 0.4) is 0 Å². The molecule has 1 N–H and O–H groups in total. The molecular weight excluding hydrogens is 308 g/mol. The molecule has 3 aromatic rings. The number of unbranched alkanes of at least 4 members (excludes halogenated alkanes) is 1. The highest BCUT2D eigenvalue weighted by atomic mass is 15.3. The van der Waals surface area contributed by atoms with Crippen LogP contribution < -0.4 is 10.2 Å². The molecule has 4 heteroatoms. The first-order chi connectivity index (χ1) is 12.3. The quantitative estimate of drug-likeness (QED) is 0.609. The van der Waals surface area contributed by atoms with Crippen molar-refractivity contribution in [3.8, 4) is 11.3 Å². The van der Waals surface area contributed by atoms with Gasteiger partial charge in [-0.25, -0.2) is 4.98 Å². The maximum Gasteiger partial charge on any atom is 0.232 e. The Morgan fingerprint density at radius 2 is 1.60 bits per heavy atom. The lowest BCUT2D eigenvalue weighted by atomic mass is 10.1. The van der Waals surface area contributed by atoms with E-state index in [4.69, 9.17) is 9.97 Å². The predicted octanol–water partition coefficient (Wildman–Crippen LogP) is 5.12. The first-order valence-electron chi connectivity index (χ1n) is 8.75. The lowest BCUT2D eigenvalue weighted by Crippen LogP contribution is -2.15. The normalized spacial score (nSPS) is 10.5. The number of anilines is 3. The molecule has 0 aliphatic rings. The van der Waals surface area contributed by atoms with Crippen molar-refractivity contribution in [1.29, 1.82) is 0 Å². The highest BCUT2D eigenvalue weighted by Crippen LogP contribution is 2.26. The molecule has 0 radical (unpaired) electrons. The van der Waals surface area contributed by atoms with Crippen LogP contribution in [-0.2, 0) is 0 Å². The molecule has 2 aromatic carbocycles. The first kappa shape index (κ1) is 17.0. The minimum atomic E-state index is 0.687. The standard InChI is InChI=1S/C21H24N4/c1-3-4-15-22-20-16-19(17-11-7-5-8-12-17)23-21(24-20)25(2)18-13-9-6-10-14-18/h5-14,16H,3-4,15H2,1-2H3,(H,22,23,24). The van der Waals surface area contributed by atoms with Crippen LogP contribution in [0.25, 0.3) is 11.3 Å². The Balaban J connectivity index is 1.97. The van der Waals surface area contributed by atoms with Crippen LogP contribution in [0.15, 0.2) is 66.7 Å². The fourth-order valence-electron chi connectivity index (χ4n) is 2.59. The van der Waals surface area contributed by atoms with E-state index in [-0.39, 0.29) is 0 Å². The third-order valence-corrected chi connectivity index (χ3v) is 4.06. The largest absolute Gasteiger partial charge is 0.370 e. The summed E-state index contributed by atoms with van der Waals surface area (Å²) in [5, 5.41) is 3.42. The second-order valence-electron chi connectivity index (χ2n) is 5.98. The summed E-state index contributed by atoms with van der Waals surface area (Å²) in [6.07, 6.45) is 2.27. The van der Waals surface area contributed by atoms with Gasteiger partial charge in [0.2, 0.25) is 5.95 Å². The molecule has 128 valence electrons. The Kier molecular flexibility index (Phi) is 5.62. The minimum absolute atomic E-state index is 0.687. The third kappa shape index (κ3) is 4.35. The lowest BCUT2D eigenvalue weighted by molar-refractivity contribution is 0.830. The van der Waals surface area contributed by atoms with Crippen LogP contribution in [0.4, 0.5) is 17.5 Å². The third-order valence-electron chi connectivity index (χ3n) is 4.06. The number of aromatic nitrogens is 2. The van der Waals surface area contributed by atoms with Crippen LogP contribution in [-0.4, -0.2) is 23.6 Å². The van der Waals surface area contributed by atoms with Gasteiger partial charge in [0.1, 0.15) is 5.82 Å². The van der Waals surface area contributed by atoms with Gasteiger partial charge in [-0.2, -0.15) is 4.98 Å². The van der Waals surface area contributed by atoms with Gasteiger partial charge >= 0.3 is 0 Å². The Bertz CT molecular complexity index is 788. The van der Waals surface area contributed by atoms with Gasteiger partial charge in [0.25, 0.3) is 0 Å². The SMILES string of the molecule is CCCCNc1cc(-c2ccccc2)nc(N(C)c2ccccc2)n1. The van der Waals surface area contributed by atoms with E-state index >= 15 is 0 Å². The summed E-state index contributed by atoms with van der Waals surface area (Å²) in [6, 6.07) is 22.4. The molecule has 0 bridgehead atoms. The molecule has 0 atom stereocenters. The summed E-state index contributed by atoms with van der Waals surface area (Å²) in [5.41, 5.74) is 3.07. The van der Waals surface area contributed by atoms with Crippen molar-refractivity contribution >= 4 is 17.5 Å². The van der Waals surface area contributed by atoms with Crippen molar-refractivity contribution in [2.45, 2.75) is 19.8 Å². The van der Waals surface area contributed by atoms with Gasteiger partial charge in [0.15, 0.2) is 0 Å². The molecule has 0 amide bonds. The van der Waals surface area contributed by atoms with Crippen LogP contribution in [0.2, 0.25) is 0 Å². The van der Waals surface area contributed by atoms with E-state index in [2.05, 4.69) is 36.5 Å². The number of benzene rings is 2. The number of nitrogens with one attached hydrogen (secondary N) is 1. The summed E-state index contributed by atoms with van der Waals surface area (Å²) in [7, 11) is 2.00. The van der Waals surface area contributed by atoms with E-state index in [1.165, 1.54) is 0 Å². The zero-order valence-electron chi connectivity index (χ0n) is 14.8. The van der Waals surface area contributed by atoms with E-state index in [0.717, 1.165) is 42.1 Å². The Morgan fingerprint density at radius 1 is 0.920 bits per heavy atom. The van der Waals surface area contributed by atoms with Gasteiger partial charge in [-0.3, -0.25) is 0 Å². The van der Waals surface area contributed by atoms with Crippen molar-refractivity contribution < 1.29 is 0 Å². The van der Waals surface area contributed by atoms with Crippen molar-refractivity contribution in [2.75, 3.05) is 23.8 Å². The summed E-state index contributed by atoms with van der Waals surface area (Å²) in [4.78, 5) is 11.5. The average molecular weight is 332 g/mol. The summed E-state index contributed by atoms with van der Waals surface area (Å²) >= 11 is 0. The Morgan fingerprint density at radius 3 is 2.28 bits per heavy atom. The summed E-state index contributed by atoms with van der Waals surface area (Å²) in [6.45, 7) is 3.10. The zero-order valence-corrected chi connectivity index (χ0v) is 14.8. The summed E-state index contributed by atoms with van der Waals surface area (Å²) in [5.74, 6) is 1.55. The number of hydrogen-bond acceptors (Lipinski definition) is 4. The van der Waals surface area contributed by atoms with E-state index < -0.39 is 0 Å². The Labute approximate surface area is 149 Å². The van der Waals surface area contributed by atoms with Gasteiger partial charge in [-0.05, 0) is 18.6 Å². The molecule has 0 saturated heterocycles. The molecule has 0 aliphatic heterocycles. The molecule has 1 heterocycles. The van der Waals surface area contributed by atoms with E-state index in [9.17, 15) is 0 Å². The molecule has 0 aliphatic carbocycles. The van der Waals surface area contributed by atoms with Crippen molar-refractivity contribution in [3.05, 3.63) is 66.7 Å². The van der Waals surface area contributed by atoms with Crippen molar-refractivity contribution in [1.82, 2.24) is 9.97 Å². The minimum Gasteiger partial charge on any atom is -0.370 e. The molecule has 25 heavy (non-hydrogen) atoms. The lowest BCUT2D eigenvalue weighted by Gasteiger charge is -2.19. The van der Waals surface area contributed by atoms with Crippen LogP contribution >= 0.6 is 0 Å². The van der Waals surface area contributed by atoms with Crippen molar-refractivity contribution in [3.63, 3.8) is 0 Å². The second-order valence-corrected chi connectivity index (χ2v) is 5.98. The van der Waals surface area contributed by atoms with Crippen LogP contribution in [0.1, 0.15) is 19.8 Å². The molecule has 0 fully saturated rings. The van der Waals surface area contributed by atoms with E-state index in [1.54, 1.807) is 0 Å². The maximum atomic E-state index is 4.78. The van der Waals surface area contributed by atoms with Gasteiger partial charge in [-0.1, -0.05) is 61.9 Å². The molecule has 4 nitrogen and oxygen atoms in total. The number of hydrogen-bond donors (Lipinski definition) is 1. The summed E-state index contributed by atoms with van der Waals surface area (Å²) < 4.78 is 0. The molecule has 3 rings (SSSR count). The van der Waals surface area contributed by atoms with Gasteiger partial charge in [0.05, 0.1) is 5.69 Å². The average Bonchev–Trinajstić information content (AvgIpc) is 2.69. The van der Waals surface area contributed by atoms with Gasteiger partial charge < -0.3 is 10.2 Å². The van der Waals surface area contributed by atoms with Crippen LogP contribution in [0, 0.1) is 0 Å². The zero-order chi connectivity index (χ0) is 17.5. The maximum absolute atomic E-state index is 4.78. The Hall–Kier alpha value is -2.88. The number of rotatable bonds is 7. The smallest absolute Gasteiger partial charge is 0.232 e. The van der Waals surface area contributed by atoms with Crippen molar-refractivity contribution in [2.24, 2.45) is 0 Å².